The fourth-order valence-corrected chi connectivity index (χ4v) is 8.04. The molecule has 0 atom stereocenters. The predicted molar refractivity (Wildman–Crippen MR) is 217 cm³/mol. The van der Waals surface area contributed by atoms with Crippen LogP contribution in [0.5, 0.6) is 0 Å². The van der Waals surface area contributed by atoms with E-state index in [2.05, 4.69) is 144 Å². The Labute approximate surface area is 305 Å². The van der Waals surface area contributed by atoms with E-state index in [0.29, 0.717) is 5.82 Å². The minimum Gasteiger partial charge on any atom is -0.309 e. The molecule has 0 saturated heterocycles. The molecular weight excluding hydrogens is 653 g/mol. The number of nitrogens with zero attached hydrogens (tertiary/aromatic N) is 4. The Morgan fingerprint density at radius 2 is 0.942 bits per heavy atom. The number of aromatic nitrogens is 4. The summed E-state index contributed by atoms with van der Waals surface area (Å²) in [6.45, 7) is 0. The monoisotopic (exact) mass is 682 g/mol. The molecule has 3 heterocycles. The van der Waals surface area contributed by atoms with E-state index < -0.39 is 0 Å². The molecule has 0 aliphatic rings. The maximum Gasteiger partial charge on any atom is 0.160 e. The number of thiazole rings is 1. The second kappa shape index (κ2) is 12.6. The third kappa shape index (κ3) is 5.36. The van der Waals surface area contributed by atoms with Crippen molar-refractivity contribution in [2.75, 3.05) is 0 Å². The molecule has 0 aliphatic heterocycles. The molecule has 4 nitrogen and oxygen atoms in total. The smallest absolute Gasteiger partial charge is 0.160 e. The highest BCUT2D eigenvalue weighted by Crippen LogP contribution is 2.37. The maximum atomic E-state index is 5.01. The second-order valence-corrected chi connectivity index (χ2v) is 13.9. The van der Waals surface area contributed by atoms with Gasteiger partial charge in [-0.05, 0) is 53.6 Å². The molecule has 0 aliphatic carbocycles. The Hall–Kier alpha value is -6.69. The third-order valence-electron chi connectivity index (χ3n) is 9.68. The van der Waals surface area contributed by atoms with Gasteiger partial charge in [-0.1, -0.05) is 140 Å². The fourth-order valence-electron chi connectivity index (χ4n) is 7.08. The summed E-state index contributed by atoms with van der Waals surface area (Å²) in [4.78, 5) is 15.0. The number of benzene rings is 7. The van der Waals surface area contributed by atoms with Crippen LogP contribution < -0.4 is 0 Å². The minimum absolute atomic E-state index is 0.707. The molecule has 0 radical (unpaired) electrons. The van der Waals surface area contributed by atoms with Crippen molar-refractivity contribution < 1.29 is 0 Å². The van der Waals surface area contributed by atoms with E-state index in [1.807, 2.05) is 42.5 Å². The summed E-state index contributed by atoms with van der Waals surface area (Å²) < 4.78 is 3.57. The van der Waals surface area contributed by atoms with E-state index in [4.69, 9.17) is 15.0 Å². The Morgan fingerprint density at radius 3 is 1.63 bits per heavy atom. The summed E-state index contributed by atoms with van der Waals surface area (Å²) in [5.41, 5.74) is 12.8. The van der Waals surface area contributed by atoms with Crippen LogP contribution in [-0.2, 0) is 0 Å². The number of fused-ring (bicyclic) bond motifs is 4. The lowest BCUT2D eigenvalue weighted by atomic mass is 10.0. The van der Waals surface area contributed by atoms with Crippen molar-refractivity contribution in [1.29, 1.82) is 0 Å². The first-order valence-corrected chi connectivity index (χ1v) is 18.2. The molecule has 0 amide bonds. The zero-order valence-electron chi connectivity index (χ0n) is 28.0. The highest BCUT2D eigenvalue weighted by Gasteiger charge is 2.16. The van der Waals surface area contributed by atoms with E-state index in [9.17, 15) is 0 Å². The van der Waals surface area contributed by atoms with Gasteiger partial charge in [0.25, 0.3) is 0 Å². The van der Waals surface area contributed by atoms with Gasteiger partial charge in [0.15, 0.2) is 5.82 Å². The van der Waals surface area contributed by atoms with Crippen LogP contribution in [0.25, 0.3) is 93.3 Å². The predicted octanol–water partition coefficient (Wildman–Crippen LogP) is 12.5. The zero-order chi connectivity index (χ0) is 34.4. The lowest BCUT2D eigenvalue weighted by Crippen LogP contribution is -1.96. The molecule has 7 aromatic carbocycles. The summed E-state index contributed by atoms with van der Waals surface area (Å²) in [6, 6.07) is 63.8. The van der Waals surface area contributed by atoms with Gasteiger partial charge in [-0.15, -0.1) is 11.3 Å². The summed E-state index contributed by atoms with van der Waals surface area (Å²) in [5, 5.41) is 3.50. The lowest BCUT2D eigenvalue weighted by Gasteiger charge is -2.11. The molecule has 0 bridgehead atoms. The molecule has 0 saturated carbocycles. The van der Waals surface area contributed by atoms with Crippen LogP contribution in [0.4, 0.5) is 0 Å². The van der Waals surface area contributed by atoms with Crippen molar-refractivity contribution in [1.82, 2.24) is 19.5 Å². The van der Waals surface area contributed by atoms with Gasteiger partial charge >= 0.3 is 0 Å². The molecule has 0 N–H and O–H groups in total. The largest absolute Gasteiger partial charge is 0.309 e. The van der Waals surface area contributed by atoms with Gasteiger partial charge in [0.2, 0.25) is 0 Å². The van der Waals surface area contributed by atoms with Crippen molar-refractivity contribution in [2.24, 2.45) is 0 Å². The molecule has 52 heavy (non-hydrogen) atoms. The summed E-state index contributed by atoms with van der Waals surface area (Å²) in [7, 11) is 0. The molecular formula is C47H30N4S. The molecule has 3 aromatic heterocycles. The van der Waals surface area contributed by atoms with Crippen LogP contribution in [0.3, 0.4) is 0 Å². The quantitative estimate of drug-likeness (QED) is 0.175. The van der Waals surface area contributed by atoms with Crippen LogP contribution in [0, 0.1) is 0 Å². The normalized spacial score (nSPS) is 11.5. The van der Waals surface area contributed by atoms with E-state index in [1.54, 1.807) is 11.3 Å². The average Bonchev–Trinajstić information content (AvgIpc) is 3.81. The molecule has 0 fully saturated rings. The van der Waals surface area contributed by atoms with Gasteiger partial charge in [-0.3, -0.25) is 0 Å². The standard InChI is InChI=1S/C47H30N4S/c1-3-11-33(12-4-1)41-30-42(34-13-5-2-6-14-34)49-46(48-41)35-21-19-31(20-22-35)32-23-26-37(27-24-32)51-43-17-9-7-15-38(43)39-28-25-36(29-44(39)51)47-50-40-16-8-10-18-45(40)52-47/h1-30H. The molecule has 244 valence electrons. The van der Waals surface area contributed by atoms with Gasteiger partial charge in [-0.25, -0.2) is 15.0 Å². The number of hydrogen-bond acceptors (Lipinski definition) is 4. The van der Waals surface area contributed by atoms with Crippen LogP contribution in [-0.4, -0.2) is 19.5 Å². The fraction of sp³-hybridized carbons (Fsp3) is 0. The van der Waals surface area contributed by atoms with Crippen molar-refractivity contribution >= 4 is 43.4 Å². The van der Waals surface area contributed by atoms with Gasteiger partial charge in [-0.2, -0.15) is 0 Å². The lowest BCUT2D eigenvalue weighted by molar-refractivity contribution is 1.18. The van der Waals surface area contributed by atoms with Gasteiger partial charge in [0.1, 0.15) is 5.01 Å². The molecule has 10 aromatic rings. The molecule has 10 rings (SSSR count). The first-order chi connectivity index (χ1) is 25.7. The van der Waals surface area contributed by atoms with Crippen LogP contribution in [0.15, 0.2) is 182 Å². The zero-order valence-corrected chi connectivity index (χ0v) is 28.8. The Morgan fingerprint density at radius 1 is 0.385 bits per heavy atom. The number of hydrogen-bond donors (Lipinski definition) is 0. The Bertz CT molecular complexity index is 2780. The van der Waals surface area contributed by atoms with E-state index in [1.165, 1.54) is 26.5 Å². The SMILES string of the molecule is c1ccc(-c2cc(-c3ccccc3)nc(-c3ccc(-c4ccc(-n5c6ccccc6c6ccc(-c7nc8ccccc8s7)cc65)cc4)cc3)n2)cc1. The third-order valence-corrected chi connectivity index (χ3v) is 10.8. The van der Waals surface area contributed by atoms with Crippen molar-refractivity contribution in [2.45, 2.75) is 0 Å². The van der Waals surface area contributed by atoms with Crippen LogP contribution >= 0.6 is 11.3 Å². The summed E-state index contributed by atoms with van der Waals surface area (Å²) >= 11 is 1.74. The Kier molecular flexibility index (Phi) is 7.29. The minimum atomic E-state index is 0.707. The van der Waals surface area contributed by atoms with Crippen molar-refractivity contribution in [3.63, 3.8) is 0 Å². The molecule has 0 spiro atoms. The van der Waals surface area contributed by atoms with Crippen LogP contribution in [0.1, 0.15) is 0 Å². The van der Waals surface area contributed by atoms with Crippen molar-refractivity contribution in [3.8, 4) is 61.3 Å². The summed E-state index contributed by atoms with van der Waals surface area (Å²) in [5.74, 6) is 0.707. The maximum absolute atomic E-state index is 5.01. The van der Waals surface area contributed by atoms with Gasteiger partial charge in [0, 0.05) is 38.7 Å². The number of para-hydroxylation sites is 2. The van der Waals surface area contributed by atoms with Gasteiger partial charge in [0.05, 0.1) is 32.6 Å². The Balaban J connectivity index is 1.00. The van der Waals surface area contributed by atoms with Crippen LogP contribution in [0.2, 0.25) is 0 Å². The first kappa shape index (κ1) is 30.2. The van der Waals surface area contributed by atoms with E-state index in [0.717, 1.165) is 61.0 Å². The van der Waals surface area contributed by atoms with Crippen molar-refractivity contribution in [3.05, 3.63) is 182 Å². The van der Waals surface area contributed by atoms with E-state index in [-0.39, 0.29) is 0 Å². The topological polar surface area (TPSA) is 43.6 Å². The first-order valence-electron chi connectivity index (χ1n) is 17.4. The van der Waals surface area contributed by atoms with Gasteiger partial charge < -0.3 is 4.57 Å². The second-order valence-electron chi connectivity index (χ2n) is 12.9. The highest BCUT2D eigenvalue weighted by atomic mass is 32.1. The number of rotatable bonds is 6. The molecule has 0 unspecified atom stereocenters. The summed E-state index contributed by atoms with van der Waals surface area (Å²) in [6.07, 6.45) is 0. The average molecular weight is 683 g/mol. The molecule has 5 heteroatoms. The van der Waals surface area contributed by atoms with E-state index >= 15 is 0 Å². The highest BCUT2D eigenvalue weighted by molar-refractivity contribution is 7.21.